The first-order chi connectivity index (χ1) is 11.6. The van der Waals surface area contributed by atoms with Crippen LogP contribution in [-0.2, 0) is 15.7 Å². The quantitative estimate of drug-likeness (QED) is 0.415. The fourth-order valence-corrected chi connectivity index (χ4v) is 3.31. The highest BCUT2D eigenvalue weighted by Gasteiger charge is 2.37. The maximum atomic E-state index is 11.3. The highest BCUT2D eigenvalue weighted by Crippen LogP contribution is 2.36. The summed E-state index contributed by atoms with van der Waals surface area (Å²) in [6.07, 6.45) is 2.78. The first kappa shape index (κ1) is 19.9. The minimum Gasteiger partial charge on any atom is -0.468 e. The Labute approximate surface area is 149 Å². The van der Waals surface area contributed by atoms with Crippen molar-refractivity contribution in [2.45, 2.75) is 64.4 Å². The van der Waals surface area contributed by atoms with Gasteiger partial charge in [-0.2, -0.15) is 0 Å². The molecule has 2 rings (SSSR count). The van der Waals surface area contributed by atoms with Gasteiger partial charge in [0, 0.05) is 12.8 Å². The normalized spacial score (nSPS) is 16.8. The van der Waals surface area contributed by atoms with Crippen molar-refractivity contribution in [2.24, 2.45) is 0 Å². The number of ether oxygens (including phenoxy) is 2. The number of hydrogen-bond acceptors (Lipinski definition) is 6. The number of nitrogens with zero attached hydrogens (tertiary/aromatic N) is 3. The van der Waals surface area contributed by atoms with Gasteiger partial charge in [-0.05, 0) is 18.1 Å². The van der Waals surface area contributed by atoms with Crippen molar-refractivity contribution in [3.05, 3.63) is 16.3 Å². The van der Waals surface area contributed by atoms with Crippen LogP contribution in [0.2, 0.25) is 18.1 Å². The predicted octanol–water partition coefficient (Wildman–Crippen LogP) is 3.37. The van der Waals surface area contributed by atoms with Gasteiger partial charge < -0.3 is 13.9 Å². The van der Waals surface area contributed by atoms with Gasteiger partial charge in [-0.3, -0.25) is 14.8 Å². The van der Waals surface area contributed by atoms with Gasteiger partial charge in [0.15, 0.2) is 8.32 Å². The molecule has 9 heteroatoms. The van der Waals surface area contributed by atoms with E-state index in [0.717, 1.165) is 12.8 Å². The molecule has 0 aromatic carbocycles. The lowest BCUT2D eigenvalue weighted by atomic mass is 10.2. The maximum absolute atomic E-state index is 11.3. The van der Waals surface area contributed by atoms with E-state index in [2.05, 4.69) is 39.0 Å². The van der Waals surface area contributed by atoms with Crippen LogP contribution in [0.5, 0.6) is 5.88 Å². The molecule has 0 radical (unpaired) electrons. The molecule has 0 bridgehead atoms. The van der Waals surface area contributed by atoms with E-state index in [1.807, 2.05) is 0 Å². The minimum absolute atomic E-state index is 0.0840. The van der Waals surface area contributed by atoms with E-state index in [-0.39, 0.29) is 22.7 Å². The highest BCUT2D eigenvalue weighted by molar-refractivity contribution is 6.74. The van der Waals surface area contributed by atoms with Crippen molar-refractivity contribution in [1.82, 2.24) is 9.78 Å². The van der Waals surface area contributed by atoms with Gasteiger partial charge in [0.05, 0.1) is 31.3 Å². The zero-order valence-corrected chi connectivity index (χ0v) is 16.8. The number of aromatic nitrogens is 2. The van der Waals surface area contributed by atoms with Crippen LogP contribution in [0.3, 0.4) is 0 Å². The molecule has 0 atom stereocenters. The standard InChI is InChI=1S/C16H29N3O5Si/c1-16(2,3)25(4,5)23-11-8-18-12-14(19(20)21)15(17-18)24-13-6-9-22-10-7-13/h12-13H,6-11H2,1-5H3. The van der Waals surface area contributed by atoms with Crippen LogP contribution in [0.15, 0.2) is 6.20 Å². The smallest absolute Gasteiger partial charge is 0.350 e. The van der Waals surface area contributed by atoms with E-state index in [9.17, 15) is 10.1 Å². The Hall–Kier alpha value is -1.45. The number of nitro groups is 1. The average Bonchev–Trinajstić information content (AvgIpc) is 2.90. The summed E-state index contributed by atoms with van der Waals surface area (Å²) in [6.45, 7) is 13.1. The molecule has 1 aliphatic rings. The highest BCUT2D eigenvalue weighted by atomic mass is 28.4. The Balaban J connectivity index is 1.99. The second kappa shape index (κ2) is 7.84. The fourth-order valence-electron chi connectivity index (χ4n) is 2.28. The molecule has 0 aliphatic carbocycles. The van der Waals surface area contributed by atoms with Crippen LogP contribution in [0.1, 0.15) is 33.6 Å². The third-order valence-corrected chi connectivity index (χ3v) is 9.48. The van der Waals surface area contributed by atoms with Gasteiger partial charge in [-0.1, -0.05) is 20.8 Å². The van der Waals surface area contributed by atoms with E-state index < -0.39 is 13.2 Å². The first-order valence-corrected chi connectivity index (χ1v) is 11.6. The molecule has 1 aromatic rings. The molecule has 0 N–H and O–H groups in total. The SMILES string of the molecule is CC(C)(C)[Si](C)(C)OCCn1cc([N+](=O)[O-])c(OC2CCOCC2)n1. The molecule has 1 fully saturated rings. The summed E-state index contributed by atoms with van der Waals surface area (Å²) < 4.78 is 18.7. The molecule has 0 saturated carbocycles. The van der Waals surface area contributed by atoms with Gasteiger partial charge >= 0.3 is 11.6 Å². The molecule has 2 heterocycles. The number of hydrogen-bond donors (Lipinski definition) is 0. The summed E-state index contributed by atoms with van der Waals surface area (Å²) in [7, 11) is -1.84. The summed E-state index contributed by atoms with van der Waals surface area (Å²) in [4.78, 5) is 10.8. The molecule has 1 saturated heterocycles. The molecule has 25 heavy (non-hydrogen) atoms. The summed E-state index contributed by atoms with van der Waals surface area (Å²) in [5, 5.41) is 15.6. The van der Waals surface area contributed by atoms with Crippen molar-refractivity contribution in [2.75, 3.05) is 19.8 Å². The zero-order valence-electron chi connectivity index (χ0n) is 15.8. The minimum atomic E-state index is -1.84. The topological polar surface area (TPSA) is 88.7 Å². The van der Waals surface area contributed by atoms with Crippen molar-refractivity contribution in [3.63, 3.8) is 0 Å². The second-order valence-corrected chi connectivity index (χ2v) is 12.7. The van der Waals surface area contributed by atoms with Crippen LogP contribution < -0.4 is 4.74 Å². The first-order valence-electron chi connectivity index (χ1n) is 8.70. The zero-order chi connectivity index (χ0) is 18.7. The summed E-state index contributed by atoms with van der Waals surface area (Å²) in [5.41, 5.74) is -0.0983. The third kappa shape index (κ3) is 5.26. The second-order valence-electron chi connectivity index (χ2n) is 7.88. The van der Waals surface area contributed by atoms with Crippen molar-refractivity contribution < 1.29 is 18.8 Å². The van der Waals surface area contributed by atoms with Crippen molar-refractivity contribution in [3.8, 4) is 5.88 Å². The van der Waals surface area contributed by atoms with Gasteiger partial charge in [0.25, 0.3) is 0 Å². The molecule has 142 valence electrons. The Morgan fingerprint density at radius 3 is 2.60 bits per heavy atom. The lowest BCUT2D eigenvalue weighted by Gasteiger charge is -2.36. The lowest BCUT2D eigenvalue weighted by molar-refractivity contribution is -0.386. The van der Waals surface area contributed by atoms with Crippen LogP contribution in [0, 0.1) is 10.1 Å². The summed E-state index contributed by atoms with van der Waals surface area (Å²) >= 11 is 0. The van der Waals surface area contributed by atoms with Crippen LogP contribution in [0.4, 0.5) is 5.69 Å². The molecule has 8 nitrogen and oxygen atoms in total. The third-order valence-electron chi connectivity index (χ3n) is 4.94. The fraction of sp³-hybridized carbons (Fsp3) is 0.812. The van der Waals surface area contributed by atoms with Gasteiger partial charge in [0.1, 0.15) is 12.3 Å². The van der Waals surface area contributed by atoms with E-state index in [1.165, 1.54) is 6.20 Å². The van der Waals surface area contributed by atoms with Gasteiger partial charge in [-0.25, -0.2) is 0 Å². The Kier molecular flexibility index (Phi) is 6.23. The maximum Gasteiger partial charge on any atom is 0.350 e. The van der Waals surface area contributed by atoms with Crippen molar-refractivity contribution >= 4 is 14.0 Å². The van der Waals surface area contributed by atoms with Crippen LogP contribution >= 0.6 is 0 Å². The van der Waals surface area contributed by atoms with E-state index >= 15 is 0 Å². The van der Waals surface area contributed by atoms with Gasteiger partial charge in [-0.15, -0.1) is 5.10 Å². The summed E-state index contributed by atoms with van der Waals surface area (Å²) in [5.74, 6) is 0.0872. The molecule has 0 spiro atoms. The van der Waals surface area contributed by atoms with E-state index in [0.29, 0.717) is 26.4 Å². The molecular formula is C16H29N3O5Si. The largest absolute Gasteiger partial charge is 0.468 e. The molecule has 1 aliphatic heterocycles. The molecular weight excluding hydrogens is 342 g/mol. The van der Waals surface area contributed by atoms with E-state index in [4.69, 9.17) is 13.9 Å². The van der Waals surface area contributed by atoms with E-state index in [1.54, 1.807) is 4.68 Å². The Bertz CT molecular complexity index is 591. The number of rotatable bonds is 7. The lowest BCUT2D eigenvalue weighted by Crippen LogP contribution is -2.41. The molecule has 1 aromatic heterocycles. The Morgan fingerprint density at radius 1 is 1.40 bits per heavy atom. The molecule has 0 amide bonds. The average molecular weight is 372 g/mol. The van der Waals surface area contributed by atoms with Crippen LogP contribution in [-0.4, -0.2) is 48.9 Å². The summed E-state index contributed by atoms with van der Waals surface area (Å²) in [6, 6.07) is 0. The Morgan fingerprint density at radius 2 is 2.04 bits per heavy atom. The molecule has 0 unspecified atom stereocenters. The van der Waals surface area contributed by atoms with Crippen LogP contribution in [0.25, 0.3) is 0 Å². The van der Waals surface area contributed by atoms with Gasteiger partial charge in [0.2, 0.25) is 0 Å². The van der Waals surface area contributed by atoms with Crippen molar-refractivity contribution in [1.29, 1.82) is 0 Å². The predicted molar refractivity (Wildman–Crippen MR) is 96.5 cm³/mol. The monoisotopic (exact) mass is 371 g/mol.